The van der Waals surface area contributed by atoms with E-state index in [0.29, 0.717) is 5.41 Å². The van der Waals surface area contributed by atoms with E-state index in [1.165, 1.54) is 0 Å². The highest BCUT2D eigenvalue weighted by atomic mass is 16.5. The van der Waals surface area contributed by atoms with Gasteiger partial charge >= 0.3 is 0 Å². The Bertz CT molecular complexity index is 400. The summed E-state index contributed by atoms with van der Waals surface area (Å²) in [5, 5.41) is 9.49. The SMILES string of the molecule is COC1(c2nc(O)cn2C)CCC(C)(C)CC1. The highest BCUT2D eigenvalue weighted by Crippen LogP contribution is 2.46. The lowest BCUT2D eigenvalue weighted by Gasteiger charge is -2.41. The summed E-state index contributed by atoms with van der Waals surface area (Å²) >= 11 is 0. The zero-order valence-electron chi connectivity index (χ0n) is 11.2. The molecule has 2 rings (SSSR count). The van der Waals surface area contributed by atoms with Crippen LogP contribution in [-0.4, -0.2) is 21.8 Å². The Labute approximate surface area is 103 Å². The molecular weight excluding hydrogens is 216 g/mol. The molecule has 1 aromatic rings. The van der Waals surface area contributed by atoms with Crippen molar-refractivity contribution >= 4 is 0 Å². The number of aromatic hydroxyl groups is 1. The molecule has 0 saturated heterocycles. The van der Waals surface area contributed by atoms with Crippen LogP contribution in [0.3, 0.4) is 0 Å². The van der Waals surface area contributed by atoms with Gasteiger partial charge in [-0.2, -0.15) is 4.98 Å². The fourth-order valence-electron chi connectivity index (χ4n) is 2.72. The summed E-state index contributed by atoms with van der Waals surface area (Å²) in [4.78, 5) is 4.22. The Morgan fingerprint density at radius 3 is 2.29 bits per heavy atom. The Balaban J connectivity index is 2.30. The van der Waals surface area contributed by atoms with Crippen LogP contribution < -0.4 is 0 Å². The maximum atomic E-state index is 9.49. The summed E-state index contributed by atoms with van der Waals surface area (Å²) in [6.45, 7) is 4.59. The number of aryl methyl sites for hydroxylation is 1. The third-order valence-electron chi connectivity index (χ3n) is 4.07. The Morgan fingerprint density at radius 1 is 1.29 bits per heavy atom. The molecule has 1 fully saturated rings. The van der Waals surface area contributed by atoms with E-state index in [0.717, 1.165) is 31.5 Å². The predicted molar refractivity (Wildman–Crippen MR) is 65.8 cm³/mol. The van der Waals surface area contributed by atoms with Gasteiger partial charge in [-0.15, -0.1) is 0 Å². The monoisotopic (exact) mass is 238 g/mol. The molecule has 96 valence electrons. The van der Waals surface area contributed by atoms with E-state index < -0.39 is 0 Å². The number of ether oxygens (including phenoxy) is 1. The minimum absolute atomic E-state index is 0.0729. The van der Waals surface area contributed by atoms with Gasteiger partial charge < -0.3 is 14.4 Å². The summed E-state index contributed by atoms with van der Waals surface area (Å²) in [5.41, 5.74) is 0.0560. The lowest BCUT2D eigenvalue weighted by molar-refractivity contribution is -0.0746. The van der Waals surface area contributed by atoms with Gasteiger partial charge in [0.25, 0.3) is 0 Å². The quantitative estimate of drug-likeness (QED) is 0.861. The van der Waals surface area contributed by atoms with Crippen molar-refractivity contribution in [2.75, 3.05) is 7.11 Å². The van der Waals surface area contributed by atoms with Crippen LogP contribution in [-0.2, 0) is 17.4 Å². The lowest BCUT2D eigenvalue weighted by Crippen LogP contribution is -2.38. The molecule has 0 radical (unpaired) electrons. The van der Waals surface area contributed by atoms with Gasteiger partial charge in [0.15, 0.2) is 0 Å². The summed E-state index contributed by atoms with van der Waals surface area (Å²) in [6, 6.07) is 0. The van der Waals surface area contributed by atoms with E-state index >= 15 is 0 Å². The van der Waals surface area contributed by atoms with E-state index in [9.17, 15) is 5.11 Å². The van der Waals surface area contributed by atoms with Gasteiger partial charge in [0.05, 0.1) is 6.20 Å². The van der Waals surface area contributed by atoms with E-state index in [-0.39, 0.29) is 11.5 Å². The van der Waals surface area contributed by atoms with Crippen molar-refractivity contribution in [3.63, 3.8) is 0 Å². The van der Waals surface area contributed by atoms with Crippen LogP contribution in [0.5, 0.6) is 5.88 Å². The molecule has 0 bridgehead atoms. The van der Waals surface area contributed by atoms with Crippen LogP contribution in [0.2, 0.25) is 0 Å². The second-order valence-electron chi connectivity index (χ2n) is 5.90. The van der Waals surface area contributed by atoms with Crippen molar-refractivity contribution in [3.8, 4) is 5.88 Å². The molecule has 1 aliphatic carbocycles. The summed E-state index contributed by atoms with van der Waals surface area (Å²) in [5.74, 6) is 0.914. The fourth-order valence-corrected chi connectivity index (χ4v) is 2.72. The summed E-state index contributed by atoms with van der Waals surface area (Å²) < 4.78 is 7.63. The van der Waals surface area contributed by atoms with Gasteiger partial charge in [0, 0.05) is 14.2 Å². The van der Waals surface area contributed by atoms with E-state index in [1.807, 2.05) is 11.6 Å². The number of nitrogens with zero attached hydrogens (tertiary/aromatic N) is 2. The van der Waals surface area contributed by atoms with Crippen LogP contribution in [0.4, 0.5) is 0 Å². The second-order valence-corrected chi connectivity index (χ2v) is 5.90. The molecule has 1 aliphatic rings. The minimum Gasteiger partial charge on any atom is -0.492 e. The zero-order valence-corrected chi connectivity index (χ0v) is 11.2. The second kappa shape index (κ2) is 4.02. The Kier molecular flexibility index (Phi) is 2.94. The topological polar surface area (TPSA) is 47.3 Å². The molecule has 0 spiro atoms. The first-order valence-corrected chi connectivity index (χ1v) is 6.17. The fraction of sp³-hybridized carbons (Fsp3) is 0.769. The van der Waals surface area contributed by atoms with Crippen molar-refractivity contribution in [3.05, 3.63) is 12.0 Å². The normalized spacial score (nSPS) is 22.6. The highest BCUT2D eigenvalue weighted by molar-refractivity contribution is 5.15. The van der Waals surface area contributed by atoms with Gasteiger partial charge in [-0.1, -0.05) is 13.8 Å². The third kappa shape index (κ3) is 2.18. The van der Waals surface area contributed by atoms with E-state index in [4.69, 9.17) is 4.74 Å². The van der Waals surface area contributed by atoms with Crippen molar-refractivity contribution in [1.82, 2.24) is 9.55 Å². The third-order valence-corrected chi connectivity index (χ3v) is 4.07. The molecule has 17 heavy (non-hydrogen) atoms. The molecule has 1 heterocycles. The van der Waals surface area contributed by atoms with Gasteiger partial charge in [0.2, 0.25) is 5.88 Å². The van der Waals surface area contributed by atoms with E-state index in [1.54, 1.807) is 13.3 Å². The molecule has 0 aliphatic heterocycles. The molecule has 4 nitrogen and oxygen atoms in total. The first-order chi connectivity index (χ1) is 7.88. The summed E-state index contributed by atoms with van der Waals surface area (Å²) in [6.07, 6.45) is 5.79. The van der Waals surface area contributed by atoms with Crippen LogP contribution in [0.1, 0.15) is 45.4 Å². The number of hydrogen-bond donors (Lipinski definition) is 1. The Morgan fingerprint density at radius 2 is 1.88 bits per heavy atom. The largest absolute Gasteiger partial charge is 0.492 e. The maximum Gasteiger partial charge on any atom is 0.229 e. The van der Waals surface area contributed by atoms with Crippen LogP contribution in [0, 0.1) is 5.41 Å². The predicted octanol–water partition coefficient (Wildman–Crippen LogP) is 2.57. The maximum absolute atomic E-state index is 9.49. The number of hydrogen-bond acceptors (Lipinski definition) is 3. The van der Waals surface area contributed by atoms with Crippen LogP contribution in [0.25, 0.3) is 0 Å². The number of imidazole rings is 1. The smallest absolute Gasteiger partial charge is 0.229 e. The molecule has 0 atom stereocenters. The molecular formula is C13H22N2O2. The average Bonchev–Trinajstić information content (AvgIpc) is 2.60. The molecule has 1 saturated carbocycles. The van der Waals surface area contributed by atoms with Crippen molar-refractivity contribution in [2.45, 2.75) is 45.1 Å². The molecule has 0 aromatic carbocycles. The zero-order chi connectivity index (χ0) is 12.7. The number of aromatic nitrogens is 2. The van der Waals surface area contributed by atoms with Crippen LogP contribution in [0.15, 0.2) is 6.20 Å². The van der Waals surface area contributed by atoms with Crippen molar-refractivity contribution in [1.29, 1.82) is 0 Å². The number of rotatable bonds is 2. The first-order valence-electron chi connectivity index (χ1n) is 6.17. The lowest BCUT2D eigenvalue weighted by atomic mass is 9.70. The van der Waals surface area contributed by atoms with Crippen LogP contribution >= 0.6 is 0 Å². The molecule has 4 heteroatoms. The molecule has 0 amide bonds. The number of methoxy groups -OCH3 is 1. The molecule has 0 unspecified atom stereocenters. The highest BCUT2D eigenvalue weighted by Gasteiger charge is 2.42. The minimum atomic E-state index is -0.328. The van der Waals surface area contributed by atoms with Gasteiger partial charge in [-0.3, -0.25) is 0 Å². The molecule has 1 aromatic heterocycles. The van der Waals surface area contributed by atoms with Gasteiger partial charge in [-0.05, 0) is 31.1 Å². The van der Waals surface area contributed by atoms with Crippen molar-refractivity contribution < 1.29 is 9.84 Å². The Hall–Kier alpha value is -1.03. The van der Waals surface area contributed by atoms with E-state index in [2.05, 4.69) is 18.8 Å². The standard InChI is InChI=1S/C13H22N2O2/c1-12(2)5-7-13(17-4,8-6-12)11-14-10(16)9-15(11)3/h9,16H,5-8H2,1-4H3. The van der Waals surface area contributed by atoms with Gasteiger partial charge in [0.1, 0.15) is 11.4 Å². The average molecular weight is 238 g/mol. The molecule has 1 N–H and O–H groups in total. The van der Waals surface area contributed by atoms with Crippen molar-refractivity contribution in [2.24, 2.45) is 12.5 Å². The summed E-state index contributed by atoms with van der Waals surface area (Å²) in [7, 11) is 3.65. The van der Waals surface area contributed by atoms with Gasteiger partial charge in [-0.25, -0.2) is 0 Å². The first kappa shape index (κ1) is 12.4.